The third kappa shape index (κ3) is 16.2. The summed E-state index contributed by atoms with van der Waals surface area (Å²) in [7, 11) is 0. The van der Waals surface area contributed by atoms with E-state index in [1.165, 1.54) is 0 Å². The summed E-state index contributed by atoms with van der Waals surface area (Å²) in [6, 6.07) is 6.42. The van der Waals surface area contributed by atoms with E-state index in [0.717, 1.165) is 148 Å². The van der Waals surface area contributed by atoms with Gasteiger partial charge in [0.05, 0.1) is 6.54 Å². The second-order valence-electron chi connectivity index (χ2n) is 13.8. The molecule has 2 heterocycles. The van der Waals surface area contributed by atoms with E-state index in [2.05, 4.69) is 65.2 Å². The van der Waals surface area contributed by atoms with E-state index in [1.54, 1.807) is 0 Å². The number of hydrogen-bond acceptors (Lipinski definition) is 10. The van der Waals surface area contributed by atoms with Crippen LogP contribution in [0.2, 0.25) is 0 Å². The maximum Gasteiger partial charge on any atom is 0.251 e. The molecule has 1 aromatic rings. The topological polar surface area (TPSA) is 125 Å². The van der Waals surface area contributed by atoms with Gasteiger partial charge in [-0.3, -0.25) is 19.4 Å². The molecule has 46 heavy (non-hydrogen) atoms. The van der Waals surface area contributed by atoms with Crippen molar-refractivity contribution in [2.45, 2.75) is 59.5 Å². The zero-order chi connectivity index (χ0) is 32.9. The molecule has 0 radical (unpaired) electrons. The van der Waals surface area contributed by atoms with Crippen LogP contribution in [0.3, 0.4) is 0 Å². The number of benzene rings is 1. The second kappa shape index (κ2) is 22.6. The van der Waals surface area contributed by atoms with Crippen LogP contribution in [0.4, 0.5) is 0 Å². The van der Waals surface area contributed by atoms with Crippen molar-refractivity contribution in [3.05, 3.63) is 34.9 Å². The Kier molecular flexibility index (Phi) is 18.9. The quantitative estimate of drug-likeness (QED) is 0.229. The van der Waals surface area contributed by atoms with E-state index in [4.69, 9.17) is 0 Å². The first-order valence-electron chi connectivity index (χ1n) is 18.0. The van der Waals surface area contributed by atoms with Crippen LogP contribution >= 0.6 is 0 Å². The predicted molar refractivity (Wildman–Crippen MR) is 189 cm³/mol. The van der Waals surface area contributed by atoms with Gasteiger partial charge in [0.15, 0.2) is 5.78 Å². The first-order valence-corrected chi connectivity index (χ1v) is 18.0. The van der Waals surface area contributed by atoms with Crippen molar-refractivity contribution in [3.63, 3.8) is 0 Å². The van der Waals surface area contributed by atoms with Gasteiger partial charge < -0.3 is 37.2 Å². The Labute approximate surface area is 279 Å². The fourth-order valence-electron chi connectivity index (χ4n) is 5.74. The molecule has 0 aliphatic carbocycles. The number of ketones is 1. The minimum Gasteiger partial charge on any atom is -0.345 e. The molecule has 1 aromatic carbocycles. The summed E-state index contributed by atoms with van der Waals surface area (Å²) in [5, 5.41) is 24.2. The van der Waals surface area contributed by atoms with Crippen LogP contribution in [0.5, 0.6) is 0 Å². The Balaban J connectivity index is 1.75. The van der Waals surface area contributed by atoms with E-state index >= 15 is 0 Å². The molecular formula is C35H65N9O2. The highest BCUT2D eigenvalue weighted by Gasteiger charge is 2.23. The van der Waals surface area contributed by atoms with Crippen LogP contribution in [-0.4, -0.2) is 133 Å². The van der Waals surface area contributed by atoms with E-state index in [9.17, 15) is 9.59 Å². The third-order valence-corrected chi connectivity index (χ3v) is 8.70. The molecule has 2 aliphatic rings. The van der Waals surface area contributed by atoms with Crippen molar-refractivity contribution < 1.29 is 9.59 Å². The number of rotatable bonds is 7. The normalized spacial score (nSPS) is 20.7. The first kappa shape index (κ1) is 38.5. The van der Waals surface area contributed by atoms with E-state index < -0.39 is 5.41 Å². The molecule has 262 valence electrons. The average molecular weight is 644 g/mol. The van der Waals surface area contributed by atoms with Gasteiger partial charge in [0.25, 0.3) is 5.91 Å². The molecular weight excluding hydrogens is 578 g/mol. The van der Waals surface area contributed by atoms with Gasteiger partial charge in [-0.05, 0) is 95.2 Å². The van der Waals surface area contributed by atoms with Crippen LogP contribution in [0.25, 0.3) is 0 Å². The standard InChI is InChI=1S/C35H65N9O2/c1-35(2,3)33(45)27-42-34(46)32-26-30(28-43-22-6-14-38-18-16-36-10-4-12-40-20-24-43)8-9-31(32)29-44-23-7-15-39-19-17-37-11-5-13-41-21-25-44/h8-9,26,36-41H,4-7,10-25,27-29H2,1-3H3,(H,42,46). The molecule has 0 atom stereocenters. The molecule has 2 saturated heterocycles. The van der Waals surface area contributed by atoms with Crippen molar-refractivity contribution in [2.75, 3.05) is 111 Å². The lowest BCUT2D eigenvalue weighted by atomic mass is 9.91. The summed E-state index contributed by atoms with van der Waals surface area (Å²) in [6.07, 6.45) is 4.36. The fourth-order valence-corrected chi connectivity index (χ4v) is 5.74. The van der Waals surface area contributed by atoms with Gasteiger partial charge in [0, 0.05) is 76.4 Å². The van der Waals surface area contributed by atoms with Crippen LogP contribution in [0, 0.1) is 5.41 Å². The Morgan fingerprint density at radius 1 is 0.630 bits per heavy atom. The summed E-state index contributed by atoms with van der Waals surface area (Å²) in [5.74, 6) is -0.130. The molecule has 11 heteroatoms. The van der Waals surface area contributed by atoms with Crippen LogP contribution < -0.4 is 37.2 Å². The highest BCUT2D eigenvalue weighted by molar-refractivity contribution is 5.98. The Hall–Kier alpha value is -1.96. The van der Waals surface area contributed by atoms with E-state index in [1.807, 2.05) is 20.8 Å². The van der Waals surface area contributed by atoms with Crippen LogP contribution in [0.1, 0.15) is 67.9 Å². The molecule has 0 aromatic heterocycles. The van der Waals surface area contributed by atoms with E-state index in [-0.39, 0.29) is 18.2 Å². The fraction of sp³-hybridized carbons (Fsp3) is 0.771. The molecule has 0 saturated carbocycles. The van der Waals surface area contributed by atoms with Crippen LogP contribution in [0.15, 0.2) is 18.2 Å². The average Bonchev–Trinajstić information content (AvgIpc) is 3.03. The van der Waals surface area contributed by atoms with Crippen LogP contribution in [-0.2, 0) is 17.9 Å². The summed E-state index contributed by atoms with van der Waals surface area (Å²) >= 11 is 0. The van der Waals surface area contributed by atoms with Crippen molar-refractivity contribution in [2.24, 2.45) is 5.41 Å². The number of hydrogen-bond donors (Lipinski definition) is 7. The lowest BCUT2D eigenvalue weighted by Crippen LogP contribution is -2.38. The van der Waals surface area contributed by atoms with Crippen molar-refractivity contribution in [3.8, 4) is 0 Å². The third-order valence-electron chi connectivity index (χ3n) is 8.70. The zero-order valence-corrected chi connectivity index (χ0v) is 29.2. The maximum absolute atomic E-state index is 13.7. The maximum atomic E-state index is 13.7. The largest absolute Gasteiger partial charge is 0.345 e. The zero-order valence-electron chi connectivity index (χ0n) is 29.2. The summed E-state index contributed by atoms with van der Waals surface area (Å²) in [5.41, 5.74) is 2.34. The monoisotopic (exact) mass is 644 g/mol. The number of carbonyl (C=O) groups excluding carboxylic acids is 2. The smallest absolute Gasteiger partial charge is 0.251 e. The van der Waals surface area contributed by atoms with Crippen molar-refractivity contribution in [1.82, 2.24) is 47.0 Å². The van der Waals surface area contributed by atoms with Gasteiger partial charge in [-0.15, -0.1) is 0 Å². The molecule has 0 unspecified atom stereocenters. The molecule has 1 amide bonds. The van der Waals surface area contributed by atoms with Crippen molar-refractivity contribution >= 4 is 11.7 Å². The first-order chi connectivity index (χ1) is 22.3. The summed E-state index contributed by atoms with van der Waals surface area (Å²) in [6.45, 7) is 23.0. The number of nitrogens with zero attached hydrogens (tertiary/aromatic N) is 2. The highest BCUT2D eigenvalue weighted by Crippen LogP contribution is 2.18. The molecule has 0 bridgehead atoms. The predicted octanol–water partition coefficient (Wildman–Crippen LogP) is 0.761. The lowest BCUT2D eigenvalue weighted by Gasteiger charge is -2.26. The van der Waals surface area contributed by atoms with Gasteiger partial charge in [-0.2, -0.15) is 0 Å². The summed E-state index contributed by atoms with van der Waals surface area (Å²) in [4.78, 5) is 31.4. The minimum atomic E-state index is -0.495. The molecule has 2 fully saturated rings. The lowest BCUT2D eigenvalue weighted by molar-refractivity contribution is -0.125. The van der Waals surface area contributed by atoms with Gasteiger partial charge in [-0.1, -0.05) is 32.9 Å². The van der Waals surface area contributed by atoms with Gasteiger partial charge in [0.2, 0.25) is 0 Å². The molecule has 3 rings (SSSR count). The Morgan fingerprint density at radius 3 is 1.63 bits per heavy atom. The summed E-state index contributed by atoms with van der Waals surface area (Å²) < 4.78 is 0. The van der Waals surface area contributed by atoms with Gasteiger partial charge in [0.1, 0.15) is 0 Å². The molecule has 7 N–H and O–H groups in total. The Morgan fingerprint density at radius 2 is 1.11 bits per heavy atom. The second-order valence-corrected chi connectivity index (χ2v) is 13.8. The van der Waals surface area contributed by atoms with Gasteiger partial charge in [-0.25, -0.2) is 0 Å². The highest BCUT2D eigenvalue weighted by atomic mass is 16.2. The molecule has 2 aliphatic heterocycles. The SMILES string of the molecule is CC(C)(C)C(=O)CNC(=O)c1cc(CN2CCCNCCNCCCNCC2)ccc1CN1CCCNCCNCCCNCC1. The molecule has 0 spiro atoms. The number of nitrogens with one attached hydrogen (secondary N) is 7. The van der Waals surface area contributed by atoms with Gasteiger partial charge >= 0.3 is 0 Å². The Bertz CT molecular complexity index is 973. The van der Waals surface area contributed by atoms with Crippen molar-refractivity contribution in [1.29, 1.82) is 0 Å². The number of Topliss-reactive ketones (excluding diaryl/α,β-unsaturated/α-hetero) is 1. The van der Waals surface area contributed by atoms with E-state index in [0.29, 0.717) is 12.1 Å². The number of amides is 1. The molecule has 11 nitrogen and oxygen atoms in total. The number of carbonyl (C=O) groups is 2. The minimum absolute atomic E-state index is 0.0323.